The lowest BCUT2D eigenvalue weighted by molar-refractivity contribution is -0.163. The van der Waals surface area contributed by atoms with Crippen LogP contribution in [-0.4, -0.2) is 42.3 Å². The molecule has 0 saturated carbocycles. The Morgan fingerprint density at radius 3 is 2.44 bits per heavy atom. The Hall–Kier alpha value is -3.75. The molecule has 41 heavy (non-hydrogen) atoms. The largest absolute Gasteiger partial charge is 0.464 e. The van der Waals surface area contributed by atoms with Crippen molar-refractivity contribution in [1.29, 1.82) is 0 Å². The number of hydrogen-bond donors (Lipinski definition) is 0. The van der Waals surface area contributed by atoms with Gasteiger partial charge >= 0.3 is 11.9 Å². The van der Waals surface area contributed by atoms with Gasteiger partial charge in [-0.15, -0.1) is 0 Å². The number of halogens is 1. The molecule has 9 heteroatoms. The molecule has 2 aliphatic heterocycles. The van der Waals surface area contributed by atoms with Gasteiger partial charge in [-0.3, -0.25) is 9.59 Å². The number of methoxy groups -OCH3 is 1. The van der Waals surface area contributed by atoms with E-state index in [-0.39, 0.29) is 16.2 Å². The molecule has 1 aromatic rings. The number of carbonyl (C=O) groups is 4. The van der Waals surface area contributed by atoms with Crippen LogP contribution in [0.5, 0.6) is 0 Å². The van der Waals surface area contributed by atoms with Crippen molar-refractivity contribution in [2.75, 3.05) is 7.11 Å². The van der Waals surface area contributed by atoms with Crippen molar-refractivity contribution in [1.82, 2.24) is 0 Å². The molecule has 0 aromatic heterocycles. The molecule has 0 saturated heterocycles. The third kappa shape index (κ3) is 5.59. The van der Waals surface area contributed by atoms with Gasteiger partial charge in [-0.05, 0) is 37.5 Å². The second-order valence-corrected chi connectivity index (χ2v) is 10.9. The number of ether oxygens (including phenoxy) is 4. The molecule has 4 rings (SSSR count). The van der Waals surface area contributed by atoms with Crippen LogP contribution < -0.4 is 0 Å². The van der Waals surface area contributed by atoms with Gasteiger partial charge in [0.05, 0.1) is 17.2 Å². The Morgan fingerprint density at radius 1 is 1.12 bits per heavy atom. The van der Waals surface area contributed by atoms with E-state index in [0.29, 0.717) is 28.4 Å². The number of fused-ring (bicyclic) bond motifs is 3. The first kappa shape index (κ1) is 30.2. The third-order valence-electron chi connectivity index (χ3n) is 7.71. The number of esters is 2. The zero-order valence-corrected chi connectivity index (χ0v) is 24.6. The van der Waals surface area contributed by atoms with Gasteiger partial charge in [-0.2, -0.15) is 0 Å². The maximum Gasteiger partial charge on any atom is 0.343 e. The molecule has 5 atom stereocenters. The van der Waals surface area contributed by atoms with Crippen molar-refractivity contribution in [3.8, 4) is 0 Å². The molecule has 0 bridgehead atoms. The number of rotatable bonds is 10. The molecule has 0 radical (unpaired) electrons. The summed E-state index contributed by atoms with van der Waals surface area (Å²) in [5.74, 6) is -3.11. The Labute approximate surface area is 244 Å². The van der Waals surface area contributed by atoms with Gasteiger partial charge in [0.25, 0.3) is 0 Å². The van der Waals surface area contributed by atoms with Crippen LogP contribution in [0.15, 0.2) is 87.9 Å². The van der Waals surface area contributed by atoms with Crippen molar-refractivity contribution in [3.05, 3.63) is 93.5 Å². The van der Waals surface area contributed by atoms with E-state index < -0.39 is 47.2 Å². The predicted molar refractivity (Wildman–Crippen MR) is 151 cm³/mol. The van der Waals surface area contributed by atoms with E-state index in [2.05, 4.69) is 13.8 Å². The fraction of sp³-hybridized carbons (Fsp3) is 0.375. The van der Waals surface area contributed by atoms with E-state index in [1.165, 1.54) is 20.3 Å². The van der Waals surface area contributed by atoms with Gasteiger partial charge in [-0.25, -0.2) is 9.59 Å². The minimum absolute atomic E-state index is 0.0857. The summed E-state index contributed by atoms with van der Waals surface area (Å²) in [5.41, 5.74) is -0.773. The maximum absolute atomic E-state index is 13.8. The molecule has 0 spiro atoms. The SMILES string of the molecule is CC[C@H](C)/C=C/C1=CC2=C(Cl)C(=O)[C@@]3(C)OC(=O)C(C(=O)[C@H](C)[C@@H](C)OC(=O)[C@H](OC)c4ccccc4)=C3C2=CO1. The van der Waals surface area contributed by atoms with Gasteiger partial charge in [0.15, 0.2) is 17.5 Å². The maximum atomic E-state index is 13.8. The van der Waals surface area contributed by atoms with Gasteiger partial charge in [0.1, 0.15) is 17.4 Å². The molecule has 0 unspecified atom stereocenters. The molecule has 2 heterocycles. The average Bonchev–Trinajstić information content (AvgIpc) is 3.25. The highest BCUT2D eigenvalue weighted by Crippen LogP contribution is 2.50. The van der Waals surface area contributed by atoms with Crippen LogP contribution in [0.25, 0.3) is 0 Å². The first-order valence-electron chi connectivity index (χ1n) is 13.5. The van der Waals surface area contributed by atoms with Crippen molar-refractivity contribution in [2.45, 2.75) is 58.8 Å². The molecule has 8 nitrogen and oxygen atoms in total. The summed E-state index contributed by atoms with van der Waals surface area (Å²) in [6.07, 6.45) is 5.75. The molecule has 1 aliphatic carbocycles. The van der Waals surface area contributed by atoms with E-state index in [1.54, 1.807) is 50.3 Å². The van der Waals surface area contributed by atoms with Crippen LogP contribution in [0.3, 0.4) is 0 Å². The lowest BCUT2D eigenvalue weighted by Crippen LogP contribution is -2.42. The van der Waals surface area contributed by atoms with Gasteiger partial charge < -0.3 is 18.9 Å². The smallest absolute Gasteiger partial charge is 0.343 e. The van der Waals surface area contributed by atoms with Crippen molar-refractivity contribution in [3.63, 3.8) is 0 Å². The average molecular weight is 581 g/mol. The molecule has 0 amide bonds. The monoisotopic (exact) mass is 580 g/mol. The fourth-order valence-corrected chi connectivity index (χ4v) is 5.16. The summed E-state index contributed by atoms with van der Waals surface area (Å²) in [7, 11) is 1.39. The Kier molecular flexibility index (Phi) is 8.85. The van der Waals surface area contributed by atoms with Crippen LogP contribution in [0.1, 0.15) is 52.7 Å². The van der Waals surface area contributed by atoms with Crippen molar-refractivity contribution in [2.24, 2.45) is 11.8 Å². The minimum atomic E-state index is -1.80. The van der Waals surface area contributed by atoms with Crippen LogP contribution in [0, 0.1) is 11.8 Å². The molecule has 1 aromatic carbocycles. The third-order valence-corrected chi connectivity index (χ3v) is 8.08. The van der Waals surface area contributed by atoms with Crippen molar-refractivity contribution < 1.29 is 38.1 Å². The lowest BCUT2D eigenvalue weighted by atomic mass is 9.74. The van der Waals surface area contributed by atoms with E-state index in [1.807, 2.05) is 12.1 Å². The van der Waals surface area contributed by atoms with E-state index in [9.17, 15) is 19.2 Å². The number of Topliss-reactive ketones (excluding diaryl/α,β-unsaturated/α-hetero) is 2. The number of carbonyl (C=O) groups excluding carboxylic acids is 4. The van der Waals surface area contributed by atoms with Gasteiger partial charge in [-0.1, -0.05) is 75.2 Å². The first-order valence-corrected chi connectivity index (χ1v) is 13.8. The van der Waals surface area contributed by atoms with E-state index >= 15 is 0 Å². The highest BCUT2D eigenvalue weighted by Gasteiger charge is 2.57. The number of benzene rings is 1. The number of hydrogen-bond acceptors (Lipinski definition) is 8. The summed E-state index contributed by atoms with van der Waals surface area (Å²) in [6.45, 7) is 8.62. The number of ketones is 2. The first-order chi connectivity index (χ1) is 19.4. The van der Waals surface area contributed by atoms with E-state index in [4.69, 9.17) is 30.5 Å². The molecular formula is C32H33ClO8. The van der Waals surface area contributed by atoms with Gasteiger partial charge in [0.2, 0.25) is 5.78 Å². The molecule has 216 valence electrons. The fourth-order valence-electron chi connectivity index (χ4n) is 4.82. The quantitative estimate of drug-likeness (QED) is 0.260. The highest BCUT2D eigenvalue weighted by atomic mass is 35.5. The Balaban J connectivity index is 1.65. The lowest BCUT2D eigenvalue weighted by Gasteiger charge is -2.33. The van der Waals surface area contributed by atoms with Gasteiger partial charge in [0, 0.05) is 23.8 Å². The normalized spacial score (nSPS) is 23.1. The van der Waals surface area contributed by atoms with Crippen LogP contribution in [0.4, 0.5) is 0 Å². The predicted octanol–water partition coefficient (Wildman–Crippen LogP) is 5.60. The topological polar surface area (TPSA) is 105 Å². The summed E-state index contributed by atoms with van der Waals surface area (Å²) >= 11 is 6.49. The van der Waals surface area contributed by atoms with Crippen LogP contribution >= 0.6 is 11.6 Å². The molecule has 0 N–H and O–H groups in total. The zero-order chi connectivity index (χ0) is 30.1. The highest BCUT2D eigenvalue weighted by molar-refractivity contribution is 6.46. The summed E-state index contributed by atoms with van der Waals surface area (Å²) in [4.78, 5) is 53.2. The second kappa shape index (κ2) is 12.0. The summed E-state index contributed by atoms with van der Waals surface area (Å²) in [6, 6.07) is 8.81. The summed E-state index contributed by atoms with van der Waals surface area (Å²) in [5, 5.41) is -0.122. The second-order valence-electron chi connectivity index (χ2n) is 10.5. The molecule has 0 fully saturated rings. The zero-order valence-electron chi connectivity index (χ0n) is 23.9. The van der Waals surface area contributed by atoms with Crippen molar-refractivity contribution >= 4 is 35.1 Å². The number of allylic oxidation sites excluding steroid dienone is 4. The molecule has 3 aliphatic rings. The standard InChI is InChI=1S/C32H33ClO8/c1-7-17(2)13-14-21-15-22-23(16-39-21)25-24(30(36)41-32(25,5)29(35)26(22)33)27(34)18(3)19(4)40-31(37)28(38-6)20-11-9-8-10-12-20/h8-19,28H,7H2,1-6H3/b14-13+/t17-,18+,19+,28+,32-/m0/s1. The van der Waals surface area contributed by atoms with Crippen LogP contribution in [-0.2, 0) is 38.1 Å². The Bertz CT molecular complexity index is 1430. The van der Waals surface area contributed by atoms with E-state index in [0.717, 1.165) is 6.42 Å². The Morgan fingerprint density at radius 2 is 1.80 bits per heavy atom. The summed E-state index contributed by atoms with van der Waals surface area (Å²) < 4.78 is 22.2. The minimum Gasteiger partial charge on any atom is -0.464 e. The van der Waals surface area contributed by atoms with Crippen LogP contribution in [0.2, 0.25) is 0 Å². The molecular weight excluding hydrogens is 548 g/mol.